The van der Waals surface area contributed by atoms with Crippen molar-refractivity contribution in [2.24, 2.45) is 0 Å². The number of rotatable bonds is 5. The molecule has 1 aromatic carbocycles. The second kappa shape index (κ2) is 5.87. The molecule has 0 amide bonds. The van der Waals surface area contributed by atoms with Crippen molar-refractivity contribution in [3.8, 4) is 0 Å². The molecular weight excluding hydrogens is 210 g/mol. The third kappa shape index (κ3) is 4.56. The number of aliphatic carboxylic acids is 1. The van der Waals surface area contributed by atoms with Gasteiger partial charge in [-0.25, -0.2) is 4.79 Å². The fourth-order valence-corrected chi connectivity index (χ4v) is 1.20. The molecule has 0 unspecified atom stereocenters. The van der Waals surface area contributed by atoms with Crippen LogP contribution in [-0.2, 0) is 21.0 Å². The van der Waals surface area contributed by atoms with E-state index in [0.717, 1.165) is 5.56 Å². The number of benzene rings is 1. The summed E-state index contributed by atoms with van der Waals surface area (Å²) in [7, 11) is 1.58. The van der Waals surface area contributed by atoms with Crippen LogP contribution in [0.1, 0.15) is 12.0 Å². The molecule has 0 aliphatic rings. The van der Waals surface area contributed by atoms with Crippen LogP contribution in [0.4, 0.5) is 0 Å². The van der Waals surface area contributed by atoms with Gasteiger partial charge in [-0.05, 0) is 5.56 Å². The molecule has 0 bridgehead atoms. The van der Waals surface area contributed by atoms with E-state index in [0.29, 0.717) is 6.54 Å². The van der Waals surface area contributed by atoms with E-state index >= 15 is 0 Å². The number of carboxylic acids is 1. The fourth-order valence-electron chi connectivity index (χ4n) is 1.20. The predicted octanol–water partition coefficient (Wildman–Crippen LogP) is 1.05. The number of carboxylic acid groups (broad SMARTS) is 1. The maximum Gasteiger partial charge on any atom is 0.336 e. The summed E-state index contributed by atoms with van der Waals surface area (Å²) in [6.07, 6.45) is -0.626. The Labute approximate surface area is 93.2 Å². The van der Waals surface area contributed by atoms with E-state index in [1.807, 2.05) is 30.3 Å². The van der Waals surface area contributed by atoms with Crippen molar-refractivity contribution in [3.05, 3.63) is 35.9 Å². The first-order valence-electron chi connectivity index (χ1n) is 4.75. The van der Waals surface area contributed by atoms with Crippen LogP contribution in [0.5, 0.6) is 0 Å². The Morgan fingerprint density at radius 2 is 1.94 bits per heavy atom. The van der Waals surface area contributed by atoms with Gasteiger partial charge in [-0.2, -0.15) is 0 Å². The van der Waals surface area contributed by atoms with Crippen molar-refractivity contribution in [1.29, 1.82) is 0 Å². The number of hydrogen-bond acceptors (Lipinski definition) is 4. The zero-order valence-electron chi connectivity index (χ0n) is 8.92. The molecule has 1 aromatic rings. The maximum atomic E-state index is 11.0. The number of nitrogens with zero attached hydrogens (tertiary/aromatic N) is 1. The minimum absolute atomic E-state index is 0.423. The Balaban J connectivity index is 2.39. The van der Waals surface area contributed by atoms with Crippen LogP contribution in [0.3, 0.4) is 0 Å². The summed E-state index contributed by atoms with van der Waals surface area (Å²) in [6.45, 7) is 0.423. The van der Waals surface area contributed by atoms with Crippen LogP contribution in [0.25, 0.3) is 0 Å². The van der Waals surface area contributed by atoms with E-state index in [9.17, 15) is 9.59 Å². The lowest BCUT2D eigenvalue weighted by molar-refractivity contribution is -0.188. The number of hydrogen-bond donors (Lipinski definition) is 1. The molecule has 5 nitrogen and oxygen atoms in total. The molecule has 0 aliphatic heterocycles. The first kappa shape index (κ1) is 12.2. The smallest absolute Gasteiger partial charge is 0.336 e. The molecule has 0 spiro atoms. The highest BCUT2D eigenvalue weighted by Gasteiger charge is 2.12. The van der Waals surface area contributed by atoms with Crippen molar-refractivity contribution in [3.63, 3.8) is 0 Å². The van der Waals surface area contributed by atoms with Gasteiger partial charge in [0, 0.05) is 7.05 Å². The highest BCUT2D eigenvalue weighted by atomic mass is 16.7. The molecule has 0 saturated carbocycles. The van der Waals surface area contributed by atoms with Gasteiger partial charge in [0.25, 0.3) is 0 Å². The Morgan fingerprint density at radius 3 is 2.50 bits per heavy atom. The van der Waals surface area contributed by atoms with Crippen molar-refractivity contribution in [1.82, 2.24) is 5.06 Å². The maximum absolute atomic E-state index is 11.0. The topological polar surface area (TPSA) is 66.8 Å². The van der Waals surface area contributed by atoms with Gasteiger partial charge in [0.1, 0.15) is 6.42 Å². The lowest BCUT2D eigenvalue weighted by atomic mass is 10.2. The zero-order chi connectivity index (χ0) is 12.0. The molecule has 0 aromatic heterocycles. The Bertz CT molecular complexity index is 364. The highest BCUT2D eigenvalue weighted by molar-refractivity contribution is 5.89. The van der Waals surface area contributed by atoms with Crippen molar-refractivity contribution >= 4 is 11.9 Å². The number of hydroxylamine groups is 2. The average molecular weight is 223 g/mol. The molecule has 0 radical (unpaired) electrons. The monoisotopic (exact) mass is 223 g/mol. The summed E-state index contributed by atoms with van der Waals surface area (Å²) < 4.78 is 0. The van der Waals surface area contributed by atoms with Crippen LogP contribution in [0, 0.1) is 0 Å². The van der Waals surface area contributed by atoms with Gasteiger partial charge < -0.3 is 9.94 Å². The predicted molar refractivity (Wildman–Crippen MR) is 56.3 cm³/mol. The third-order valence-corrected chi connectivity index (χ3v) is 1.80. The van der Waals surface area contributed by atoms with E-state index < -0.39 is 18.4 Å². The summed E-state index contributed by atoms with van der Waals surface area (Å²) in [5.41, 5.74) is 0.980. The van der Waals surface area contributed by atoms with Crippen LogP contribution in [0.2, 0.25) is 0 Å². The van der Waals surface area contributed by atoms with E-state index in [2.05, 4.69) is 0 Å². The molecule has 0 saturated heterocycles. The molecule has 0 heterocycles. The number of carbonyl (C=O) groups is 2. The van der Waals surface area contributed by atoms with E-state index in [4.69, 9.17) is 9.94 Å². The van der Waals surface area contributed by atoms with Crippen LogP contribution in [-0.4, -0.2) is 29.2 Å². The van der Waals surface area contributed by atoms with Gasteiger partial charge in [-0.1, -0.05) is 30.3 Å². The van der Waals surface area contributed by atoms with Crippen LogP contribution in [0.15, 0.2) is 30.3 Å². The molecule has 0 aliphatic carbocycles. The van der Waals surface area contributed by atoms with Gasteiger partial charge in [-0.3, -0.25) is 4.79 Å². The third-order valence-electron chi connectivity index (χ3n) is 1.80. The summed E-state index contributed by atoms with van der Waals surface area (Å²) >= 11 is 0. The minimum Gasteiger partial charge on any atom is -0.481 e. The molecule has 0 atom stereocenters. The quantitative estimate of drug-likeness (QED) is 0.597. The lowest BCUT2D eigenvalue weighted by Crippen LogP contribution is -2.24. The lowest BCUT2D eigenvalue weighted by Gasteiger charge is -2.15. The molecule has 1 rings (SSSR count). The number of carbonyl (C=O) groups excluding carboxylic acids is 1. The molecule has 5 heteroatoms. The SMILES string of the molecule is CN(Cc1ccccc1)OC(=O)CC(=O)O. The first-order chi connectivity index (χ1) is 7.58. The molecule has 1 N–H and O–H groups in total. The van der Waals surface area contributed by atoms with Crippen LogP contribution >= 0.6 is 0 Å². The Hall–Kier alpha value is -1.88. The highest BCUT2D eigenvalue weighted by Crippen LogP contribution is 2.03. The normalized spacial score (nSPS) is 10.1. The minimum atomic E-state index is -1.20. The molecular formula is C11H13NO4. The second-order valence-corrected chi connectivity index (χ2v) is 3.31. The van der Waals surface area contributed by atoms with E-state index in [-0.39, 0.29) is 0 Å². The summed E-state index contributed by atoms with van der Waals surface area (Å²) in [4.78, 5) is 26.0. The van der Waals surface area contributed by atoms with E-state index in [1.165, 1.54) is 5.06 Å². The fraction of sp³-hybridized carbons (Fsp3) is 0.273. The second-order valence-electron chi connectivity index (χ2n) is 3.31. The summed E-state index contributed by atoms with van der Waals surface area (Å²) in [6, 6.07) is 9.42. The summed E-state index contributed by atoms with van der Waals surface area (Å²) in [5.74, 6) is -1.97. The molecule has 16 heavy (non-hydrogen) atoms. The Kier molecular flexibility index (Phi) is 4.47. The largest absolute Gasteiger partial charge is 0.481 e. The van der Waals surface area contributed by atoms with Gasteiger partial charge in [-0.15, -0.1) is 5.06 Å². The average Bonchev–Trinajstić information content (AvgIpc) is 2.17. The van der Waals surface area contributed by atoms with Crippen molar-refractivity contribution in [2.45, 2.75) is 13.0 Å². The Morgan fingerprint density at radius 1 is 1.31 bits per heavy atom. The van der Waals surface area contributed by atoms with Crippen LogP contribution < -0.4 is 0 Å². The summed E-state index contributed by atoms with van der Waals surface area (Å²) in [5, 5.41) is 9.67. The first-order valence-corrected chi connectivity index (χ1v) is 4.75. The molecule has 0 fully saturated rings. The van der Waals surface area contributed by atoms with Gasteiger partial charge >= 0.3 is 11.9 Å². The van der Waals surface area contributed by atoms with Crippen molar-refractivity contribution in [2.75, 3.05) is 7.05 Å². The van der Waals surface area contributed by atoms with Gasteiger partial charge in [0.15, 0.2) is 0 Å². The zero-order valence-corrected chi connectivity index (χ0v) is 8.92. The van der Waals surface area contributed by atoms with Gasteiger partial charge in [0.2, 0.25) is 0 Å². The van der Waals surface area contributed by atoms with Crippen molar-refractivity contribution < 1.29 is 19.5 Å². The van der Waals surface area contributed by atoms with E-state index in [1.54, 1.807) is 7.05 Å². The standard InChI is InChI=1S/C11H13NO4/c1-12(16-11(15)7-10(13)14)8-9-5-3-2-4-6-9/h2-6H,7-8H2,1H3,(H,13,14). The molecule has 86 valence electrons. The van der Waals surface area contributed by atoms with Gasteiger partial charge in [0.05, 0.1) is 6.54 Å².